The van der Waals surface area contributed by atoms with Gasteiger partial charge in [0, 0.05) is 0 Å². The fraction of sp³-hybridized carbons (Fsp3) is 0.500. The topological polar surface area (TPSA) is 139 Å². The summed E-state index contributed by atoms with van der Waals surface area (Å²) < 4.78 is 0. The number of carboxylic acid groups (broad SMARTS) is 2. The van der Waals surface area contributed by atoms with Crippen molar-refractivity contribution >= 4 is 31.7 Å². The summed E-state index contributed by atoms with van der Waals surface area (Å²) in [5.41, 5.74) is 0. The molecule has 0 unspecified atom stereocenters. The first kappa shape index (κ1) is 28.5. The minimum atomic E-state index is -1.08. The SMILES string of the molecule is C=CNC(=O)O.C=CNC(=O)O.CCC[SiH2]O.CCC[SiH2]O. The molecule has 0 aliphatic carbocycles. The molecule has 0 saturated carbocycles. The minimum absolute atomic E-state index is 0.586. The Balaban J connectivity index is -0.0000000986. The van der Waals surface area contributed by atoms with Gasteiger partial charge in [0.05, 0.1) is 0 Å². The number of amides is 2. The Hall–Kier alpha value is -1.63. The number of rotatable bonds is 6. The van der Waals surface area contributed by atoms with E-state index >= 15 is 0 Å². The van der Waals surface area contributed by atoms with Crippen molar-refractivity contribution in [2.75, 3.05) is 0 Å². The molecule has 0 atom stereocenters. The van der Waals surface area contributed by atoms with Crippen LogP contribution in [-0.2, 0) is 0 Å². The van der Waals surface area contributed by atoms with Gasteiger partial charge in [-0.25, -0.2) is 9.59 Å². The van der Waals surface area contributed by atoms with E-state index in [1.807, 2.05) is 10.6 Å². The molecule has 0 aliphatic heterocycles. The summed E-state index contributed by atoms with van der Waals surface area (Å²) in [6.07, 6.45) is 2.35. The molecule has 132 valence electrons. The molecule has 0 heterocycles. The lowest BCUT2D eigenvalue weighted by atomic mass is 10.6. The lowest BCUT2D eigenvalue weighted by Crippen LogP contribution is -2.11. The molecular weight excluding hydrogens is 324 g/mol. The van der Waals surface area contributed by atoms with E-state index in [-0.39, 0.29) is 0 Å². The van der Waals surface area contributed by atoms with E-state index in [2.05, 4.69) is 27.0 Å². The third kappa shape index (κ3) is 79.1. The Labute approximate surface area is 136 Å². The third-order valence-corrected chi connectivity index (χ3v) is 3.52. The quantitative estimate of drug-likeness (QED) is 0.386. The Morgan fingerprint density at radius 1 is 0.909 bits per heavy atom. The van der Waals surface area contributed by atoms with Crippen LogP contribution in [0.5, 0.6) is 0 Å². The van der Waals surface area contributed by atoms with Gasteiger partial charge in [-0.1, -0.05) is 39.8 Å². The first-order valence-corrected chi connectivity index (χ1v) is 10.1. The fourth-order valence-corrected chi connectivity index (χ4v) is 1.12. The largest absolute Gasteiger partial charge is 0.465 e. The van der Waals surface area contributed by atoms with Crippen molar-refractivity contribution in [1.82, 2.24) is 10.6 Å². The van der Waals surface area contributed by atoms with Crippen LogP contribution >= 0.6 is 0 Å². The third-order valence-electron chi connectivity index (χ3n) is 1.47. The highest BCUT2D eigenvalue weighted by atomic mass is 28.2. The molecule has 0 fully saturated rings. The zero-order chi connectivity index (χ0) is 18.2. The molecule has 0 rings (SSSR count). The Morgan fingerprint density at radius 2 is 1.18 bits per heavy atom. The molecule has 6 N–H and O–H groups in total. The maximum absolute atomic E-state index is 9.42. The summed E-state index contributed by atoms with van der Waals surface area (Å²) in [6, 6.07) is 2.17. The van der Waals surface area contributed by atoms with Gasteiger partial charge in [-0.05, 0) is 24.5 Å². The van der Waals surface area contributed by atoms with E-state index in [1.54, 1.807) is 0 Å². The van der Waals surface area contributed by atoms with Gasteiger partial charge in [0.2, 0.25) is 0 Å². The molecule has 8 nitrogen and oxygen atoms in total. The van der Waals surface area contributed by atoms with Gasteiger partial charge in [0.15, 0.2) is 19.5 Å². The zero-order valence-corrected chi connectivity index (χ0v) is 16.2. The zero-order valence-electron chi connectivity index (χ0n) is 13.4. The number of carbonyl (C=O) groups is 2. The summed E-state index contributed by atoms with van der Waals surface area (Å²) in [5.74, 6) is 0. The van der Waals surface area contributed by atoms with Gasteiger partial charge >= 0.3 is 12.2 Å². The van der Waals surface area contributed by atoms with Gasteiger partial charge in [0.1, 0.15) is 0 Å². The predicted molar refractivity (Wildman–Crippen MR) is 94.4 cm³/mol. The van der Waals surface area contributed by atoms with Crippen molar-refractivity contribution in [3.63, 3.8) is 0 Å². The predicted octanol–water partition coefficient (Wildman–Crippen LogP) is 0.577. The van der Waals surface area contributed by atoms with Crippen LogP contribution in [0.4, 0.5) is 9.59 Å². The van der Waals surface area contributed by atoms with Crippen molar-refractivity contribution in [3.05, 3.63) is 25.6 Å². The van der Waals surface area contributed by atoms with E-state index in [4.69, 9.17) is 19.8 Å². The summed E-state index contributed by atoms with van der Waals surface area (Å²) in [4.78, 5) is 35.2. The lowest BCUT2D eigenvalue weighted by Gasteiger charge is -1.81. The van der Waals surface area contributed by atoms with Crippen LogP contribution in [0.25, 0.3) is 0 Å². The van der Waals surface area contributed by atoms with E-state index in [0.717, 1.165) is 37.3 Å². The van der Waals surface area contributed by atoms with E-state index in [0.29, 0.717) is 0 Å². The first-order valence-electron chi connectivity index (χ1n) is 6.80. The molecule has 0 radical (unpaired) electrons. The van der Waals surface area contributed by atoms with Gasteiger partial charge < -0.3 is 19.8 Å². The number of hydrogen-bond acceptors (Lipinski definition) is 4. The second-order valence-electron chi connectivity index (χ2n) is 3.46. The Morgan fingerprint density at radius 3 is 1.18 bits per heavy atom. The minimum Gasteiger partial charge on any atom is -0.465 e. The highest BCUT2D eigenvalue weighted by Crippen LogP contribution is 1.79. The van der Waals surface area contributed by atoms with Gasteiger partial charge in [-0.3, -0.25) is 10.6 Å². The molecule has 10 heteroatoms. The van der Waals surface area contributed by atoms with Crippen LogP contribution in [0.1, 0.15) is 26.7 Å². The first-order chi connectivity index (χ1) is 10.4. The van der Waals surface area contributed by atoms with Crippen LogP contribution in [0, 0.1) is 0 Å². The van der Waals surface area contributed by atoms with Gasteiger partial charge in [-0.15, -0.1) is 0 Å². The standard InChI is InChI=1S/2C3H5NO2.2C3H10OSi/c2*1-2-4-3(5)6;2*1-2-3-5-4/h2*2,4H,1H2,(H,5,6);2*4H,2-3,5H2,1H3. The Kier molecular flexibility index (Phi) is 41.0. The summed E-state index contributed by atoms with van der Waals surface area (Å²) in [5, 5.41) is 19.2. The van der Waals surface area contributed by atoms with Crippen LogP contribution in [0.2, 0.25) is 12.1 Å². The van der Waals surface area contributed by atoms with Crippen molar-refractivity contribution in [1.29, 1.82) is 0 Å². The average Bonchev–Trinajstić information content (AvgIpc) is 2.42. The molecule has 0 spiro atoms. The summed E-state index contributed by atoms with van der Waals surface area (Å²) >= 11 is 0. The van der Waals surface area contributed by atoms with E-state index < -0.39 is 31.7 Å². The molecule has 22 heavy (non-hydrogen) atoms. The summed E-state index contributed by atoms with van der Waals surface area (Å²) in [6.45, 7) is 10.4. The maximum atomic E-state index is 9.42. The number of hydrogen-bond donors (Lipinski definition) is 6. The smallest absolute Gasteiger partial charge is 0.408 e. The molecular formula is C12H30N2O6Si2. The van der Waals surface area contributed by atoms with E-state index in [1.165, 1.54) is 0 Å². The van der Waals surface area contributed by atoms with E-state index in [9.17, 15) is 9.59 Å². The summed E-state index contributed by atoms with van der Waals surface area (Å²) in [7, 11) is -1.17. The normalized spacial score (nSPS) is 8.55. The maximum Gasteiger partial charge on any atom is 0.408 e. The van der Waals surface area contributed by atoms with Crippen LogP contribution in [-0.4, -0.2) is 51.5 Å². The highest BCUT2D eigenvalue weighted by molar-refractivity contribution is 6.25. The molecule has 0 aromatic heterocycles. The highest BCUT2D eigenvalue weighted by Gasteiger charge is 1.80. The average molecular weight is 355 g/mol. The van der Waals surface area contributed by atoms with Crippen molar-refractivity contribution in [2.45, 2.75) is 38.8 Å². The second kappa shape index (κ2) is 31.7. The lowest BCUT2D eigenvalue weighted by molar-refractivity contribution is 0.197. The Bertz CT molecular complexity index is 238. The van der Waals surface area contributed by atoms with Crippen molar-refractivity contribution in [2.24, 2.45) is 0 Å². The van der Waals surface area contributed by atoms with Gasteiger partial charge in [0.25, 0.3) is 0 Å². The van der Waals surface area contributed by atoms with Crippen molar-refractivity contribution in [3.8, 4) is 0 Å². The molecule has 0 aromatic rings. The monoisotopic (exact) mass is 354 g/mol. The van der Waals surface area contributed by atoms with Crippen molar-refractivity contribution < 1.29 is 29.4 Å². The number of nitrogens with one attached hydrogen (secondary N) is 2. The van der Waals surface area contributed by atoms with Crippen LogP contribution in [0.15, 0.2) is 25.6 Å². The second-order valence-corrected chi connectivity index (χ2v) is 5.77. The molecule has 2 amide bonds. The van der Waals surface area contributed by atoms with Crippen LogP contribution < -0.4 is 10.6 Å². The van der Waals surface area contributed by atoms with Gasteiger partial charge in [-0.2, -0.15) is 0 Å². The fourth-order valence-electron chi connectivity index (χ4n) is 0.491. The molecule has 0 saturated heterocycles. The van der Waals surface area contributed by atoms with Crippen LogP contribution in [0.3, 0.4) is 0 Å². The molecule has 0 aliphatic rings. The molecule has 0 bridgehead atoms. The molecule has 0 aromatic carbocycles.